The molecule has 0 unspecified atom stereocenters. The summed E-state index contributed by atoms with van der Waals surface area (Å²) in [6.07, 6.45) is 1.52. The molecule has 0 saturated heterocycles. The molecule has 0 atom stereocenters. The summed E-state index contributed by atoms with van der Waals surface area (Å²) in [5.41, 5.74) is 0.740. The highest BCUT2D eigenvalue weighted by Crippen LogP contribution is 2.31. The van der Waals surface area contributed by atoms with Crippen molar-refractivity contribution < 1.29 is 18.1 Å². The molecule has 0 spiro atoms. The third kappa shape index (κ3) is 3.01. The largest absolute Gasteiger partial charge is 0.482 e. The number of furan rings is 1. The maximum Gasteiger partial charge on any atom is 0.336 e. The molecule has 126 valence electrons. The lowest BCUT2D eigenvalue weighted by Crippen LogP contribution is -2.00. The number of rotatable bonds is 4. The maximum atomic E-state index is 11.5. The molecule has 0 radical (unpaired) electrons. The predicted molar refractivity (Wildman–Crippen MR) is 88.6 cm³/mol. The summed E-state index contributed by atoms with van der Waals surface area (Å²) < 4.78 is 21.1. The molecular weight excluding hydrogens is 348 g/mol. The van der Waals surface area contributed by atoms with Crippen LogP contribution in [0, 0.1) is 6.92 Å². The number of aryl methyl sites for hydroxylation is 1. The summed E-state index contributed by atoms with van der Waals surface area (Å²) in [5, 5.41) is 4.94. The molecule has 0 amide bonds. The fraction of sp³-hybridized carbons (Fsp3) is 0.118. The quantitative estimate of drug-likeness (QED) is 0.509. The molecule has 4 aromatic rings. The number of hydrogen-bond acceptors (Lipinski definition) is 7. The smallest absolute Gasteiger partial charge is 0.336 e. The first kappa shape index (κ1) is 15.5. The molecule has 0 bridgehead atoms. The van der Waals surface area contributed by atoms with E-state index < -0.39 is 5.63 Å². The van der Waals surface area contributed by atoms with Crippen molar-refractivity contribution in [1.29, 1.82) is 0 Å². The van der Waals surface area contributed by atoms with Crippen LogP contribution in [0.5, 0.6) is 5.75 Å². The maximum absolute atomic E-state index is 11.5. The Labute approximate surface area is 145 Å². The topological polar surface area (TPSA) is 91.5 Å². The van der Waals surface area contributed by atoms with Gasteiger partial charge < -0.3 is 18.1 Å². The third-order valence-corrected chi connectivity index (χ3v) is 3.86. The average Bonchev–Trinajstić information content (AvgIpc) is 3.25. The van der Waals surface area contributed by atoms with Gasteiger partial charge in [-0.1, -0.05) is 16.8 Å². The van der Waals surface area contributed by atoms with Gasteiger partial charge in [0.15, 0.2) is 12.4 Å². The molecule has 0 aliphatic rings. The van der Waals surface area contributed by atoms with Crippen molar-refractivity contribution in [1.82, 2.24) is 10.1 Å². The van der Waals surface area contributed by atoms with E-state index in [9.17, 15) is 4.79 Å². The molecule has 0 aliphatic heterocycles. The van der Waals surface area contributed by atoms with E-state index in [4.69, 9.17) is 29.7 Å². The van der Waals surface area contributed by atoms with Crippen LogP contribution in [0.15, 0.2) is 54.7 Å². The van der Waals surface area contributed by atoms with Gasteiger partial charge in [-0.05, 0) is 30.7 Å². The van der Waals surface area contributed by atoms with Gasteiger partial charge in [-0.2, -0.15) is 4.98 Å². The molecule has 0 saturated carbocycles. The van der Waals surface area contributed by atoms with Crippen molar-refractivity contribution in [2.24, 2.45) is 0 Å². The minimum absolute atomic E-state index is 0.00891. The highest BCUT2D eigenvalue weighted by atomic mass is 35.5. The number of halogens is 1. The number of nitrogens with zero attached hydrogens (tertiary/aromatic N) is 2. The predicted octanol–water partition coefficient (Wildman–Crippen LogP) is 3.98. The van der Waals surface area contributed by atoms with Crippen molar-refractivity contribution in [3.05, 3.63) is 63.5 Å². The standard InChI is InChI=1S/C17H11ClN2O5/c1-9-5-16(21)24-13-7-14(11(18)6-10(9)13)23-8-15-19-17(20-25-15)12-3-2-4-22-12/h2-7H,8H2,1H3. The van der Waals surface area contributed by atoms with E-state index in [1.54, 1.807) is 24.3 Å². The molecule has 8 heteroatoms. The van der Waals surface area contributed by atoms with Crippen LogP contribution in [-0.2, 0) is 6.61 Å². The summed E-state index contributed by atoms with van der Waals surface area (Å²) in [4.78, 5) is 15.7. The summed E-state index contributed by atoms with van der Waals surface area (Å²) >= 11 is 6.24. The number of aromatic nitrogens is 2. The van der Waals surface area contributed by atoms with Crippen molar-refractivity contribution >= 4 is 22.6 Å². The second-order valence-electron chi connectivity index (χ2n) is 5.30. The molecule has 0 N–H and O–H groups in total. The van der Waals surface area contributed by atoms with E-state index in [1.165, 1.54) is 12.3 Å². The lowest BCUT2D eigenvalue weighted by Gasteiger charge is -2.08. The summed E-state index contributed by atoms with van der Waals surface area (Å²) in [5.74, 6) is 1.43. The number of fused-ring (bicyclic) bond motifs is 1. The van der Waals surface area contributed by atoms with Gasteiger partial charge in [0.25, 0.3) is 5.89 Å². The van der Waals surface area contributed by atoms with Gasteiger partial charge in [0.05, 0.1) is 11.3 Å². The minimum atomic E-state index is -0.432. The zero-order valence-corrected chi connectivity index (χ0v) is 13.7. The van der Waals surface area contributed by atoms with E-state index in [0.717, 1.165) is 10.9 Å². The van der Waals surface area contributed by atoms with Crippen molar-refractivity contribution in [3.63, 3.8) is 0 Å². The highest BCUT2D eigenvalue weighted by Gasteiger charge is 2.13. The van der Waals surface area contributed by atoms with Crippen LogP contribution in [0.1, 0.15) is 11.5 Å². The van der Waals surface area contributed by atoms with Gasteiger partial charge in [0, 0.05) is 17.5 Å². The Hall–Kier alpha value is -3.06. The average molecular weight is 359 g/mol. The van der Waals surface area contributed by atoms with Crippen LogP contribution in [0.4, 0.5) is 0 Å². The van der Waals surface area contributed by atoms with E-state index in [-0.39, 0.29) is 12.5 Å². The van der Waals surface area contributed by atoms with Crippen molar-refractivity contribution in [2.45, 2.75) is 13.5 Å². The Morgan fingerprint density at radius 2 is 2.16 bits per heavy atom. The Morgan fingerprint density at radius 3 is 2.96 bits per heavy atom. The monoisotopic (exact) mass is 358 g/mol. The zero-order chi connectivity index (χ0) is 17.4. The SMILES string of the molecule is Cc1cc(=O)oc2cc(OCc3nc(-c4ccco4)no3)c(Cl)cc12. The fourth-order valence-electron chi connectivity index (χ4n) is 2.39. The Kier molecular flexibility index (Phi) is 3.77. The molecule has 7 nitrogen and oxygen atoms in total. The molecule has 25 heavy (non-hydrogen) atoms. The normalized spacial score (nSPS) is 11.1. The van der Waals surface area contributed by atoms with Gasteiger partial charge >= 0.3 is 5.63 Å². The van der Waals surface area contributed by atoms with Crippen LogP contribution < -0.4 is 10.4 Å². The second-order valence-corrected chi connectivity index (χ2v) is 5.71. The van der Waals surface area contributed by atoms with E-state index >= 15 is 0 Å². The van der Waals surface area contributed by atoms with Gasteiger partial charge in [-0.15, -0.1) is 0 Å². The summed E-state index contributed by atoms with van der Waals surface area (Å²) in [7, 11) is 0. The van der Waals surface area contributed by atoms with Gasteiger partial charge in [0.2, 0.25) is 5.82 Å². The van der Waals surface area contributed by atoms with Gasteiger partial charge in [-0.3, -0.25) is 0 Å². The third-order valence-electron chi connectivity index (χ3n) is 3.56. The van der Waals surface area contributed by atoms with Crippen LogP contribution in [0.2, 0.25) is 5.02 Å². The zero-order valence-electron chi connectivity index (χ0n) is 13.0. The first-order valence-corrected chi connectivity index (χ1v) is 7.71. The Balaban J connectivity index is 1.59. The van der Waals surface area contributed by atoms with Gasteiger partial charge in [-0.25, -0.2) is 4.79 Å². The van der Waals surface area contributed by atoms with E-state index in [2.05, 4.69) is 10.1 Å². The minimum Gasteiger partial charge on any atom is -0.482 e. The molecule has 0 aliphatic carbocycles. The Morgan fingerprint density at radius 1 is 1.28 bits per heavy atom. The van der Waals surface area contributed by atoms with E-state index in [1.807, 2.05) is 6.92 Å². The number of hydrogen-bond donors (Lipinski definition) is 0. The van der Waals surface area contributed by atoms with Crippen molar-refractivity contribution in [2.75, 3.05) is 0 Å². The van der Waals surface area contributed by atoms with Crippen LogP contribution in [0.25, 0.3) is 22.6 Å². The van der Waals surface area contributed by atoms with Crippen molar-refractivity contribution in [3.8, 4) is 17.3 Å². The molecule has 3 aromatic heterocycles. The molecule has 1 aromatic carbocycles. The molecule has 4 rings (SSSR count). The fourth-order valence-corrected chi connectivity index (χ4v) is 2.61. The molecule has 0 fully saturated rings. The Bertz CT molecular complexity index is 1100. The lowest BCUT2D eigenvalue weighted by molar-refractivity contribution is 0.243. The number of ether oxygens (including phenoxy) is 1. The second kappa shape index (κ2) is 6.10. The van der Waals surface area contributed by atoms with E-state index in [0.29, 0.717) is 27.9 Å². The van der Waals surface area contributed by atoms with Crippen LogP contribution in [0.3, 0.4) is 0 Å². The molecular formula is C17H11ClN2O5. The molecule has 3 heterocycles. The summed E-state index contributed by atoms with van der Waals surface area (Å²) in [6, 6.07) is 8.11. The van der Waals surface area contributed by atoms with Crippen LogP contribution >= 0.6 is 11.6 Å². The first-order chi connectivity index (χ1) is 12.1. The van der Waals surface area contributed by atoms with Crippen LogP contribution in [-0.4, -0.2) is 10.1 Å². The van der Waals surface area contributed by atoms with Gasteiger partial charge in [0.1, 0.15) is 11.3 Å². The summed E-state index contributed by atoms with van der Waals surface area (Å²) in [6.45, 7) is 1.82. The highest BCUT2D eigenvalue weighted by molar-refractivity contribution is 6.32. The number of benzene rings is 1. The first-order valence-electron chi connectivity index (χ1n) is 7.33. The lowest BCUT2D eigenvalue weighted by atomic mass is 10.1.